The smallest absolute Gasteiger partial charge is 0.339 e. The second-order valence-electron chi connectivity index (χ2n) is 5.63. The molecule has 30 heavy (non-hydrogen) atoms. The number of benzene rings is 2. The lowest BCUT2D eigenvalue weighted by atomic mass is 10.1. The van der Waals surface area contributed by atoms with Crippen LogP contribution in [0.4, 0.5) is 5.69 Å². The molecular weight excluding hydrogens is 450 g/mol. The van der Waals surface area contributed by atoms with Gasteiger partial charge in [0.1, 0.15) is 10.4 Å². The fourth-order valence-corrected chi connectivity index (χ4v) is 5.11. The Hall–Kier alpha value is -2.96. The number of nitrogens with zero attached hydrogens (tertiary/aromatic N) is 2. The van der Waals surface area contributed by atoms with Crippen molar-refractivity contribution in [3.8, 4) is 0 Å². The van der Waals surface area contributed by atoms with Gasteiger partial charge in [0.15, 0.2) is 4.34 Å². The second kappa shape index (κ2) is 9.24. The van der Waals surface area contributed by atoms with Gasteiger partial charge in [0.05, 0.1) is 25.3 Å². The number of anilines is 1. The summed E-state index contributed by atoms with van der Waals surface area (Å²) in [4.78, 5) is 24.3. The minimum absolute atomic E-state index is 0.0191. The zero-order valence-electron chi connectivity index (χ0n) is 15.7. The van der Waals surface area contributed by atoms with E-state index in [0.717, 1.165) is 22.4 Å². The number of sulfonamides is 1. The van der Waals surface area contributed by atoms with Gasteiger partial charge in [0, 0.05) is 10.6 Å². The summed E-state index contributed by atoms with van der Waals surface area (Å²) in [5, 5.41) is 7.69. The summed E-state index contributed by atoms with van der Waals surface area (Å²) in [5.41, 5.74) is 1.66. The molecule has 0 atom stereocenters. The van der Waals surface area contributed by atoms with E-state index in [-0.39, 0.29) is 16.8 Å². The molecular formula is C18H15N3O6S3. The largest absolute Gasteiger partial charge is 0.465 e. The molecule has 0 bridgehead atoms. The molecule has 0 aliphatic heterocycles. The topological polar surface area (TPSA) is 125 Å². The van der Waals surface area contributed by atoms with E-state index >= 15 is 0 Å². The highest BCUT2D eigenvalue weighted by Crippen LogP contribution is 2.30. The third kappa shape index (κ3) is 4.96. The predicted octanol–water partition coefficient (Wildman–Crippen LogP) is 3.06. The van der Waals surface area contributed by atoms with Gasteiger partial charge >= 0.3 is 11.9 Å². The third-order valence-electron chi connectivity index (χ3n) is 3.75. The van der Waals surface area contributed by atoms with Gasteiger partial charge in [0.2, 0.25) is 0 Å². The zero-order chi connectivity index (χ0) is 21.7. The number of ether oxygens (including phenoxy) is 2. The molecule has 0 saturated carbocycles. The Balaban J connectivity index is 1.90. The molecule has 9 nitrogen and oxygen atoms in total. The van der Waals surface area contributed by atoms with Gasteiger partial charge in [-0.25, -0.2) is 18.0 Å². The van der Waals surface area contributed by atoms with Crippen LogP contribution in [0, 0.1) is 0 Å². The maximum absolute atomic E-state index is 13.0. The lowest BCUT2D eigenvalue weighted by Gasteiger charge is -2.13. The Morgan fingerprint density at radius 2 is 1.73 bits per heavy atom. The van der Waals surface area contributed by atoms with E-state index in [1.807, 2.05) is 0 Å². The molecule has 0 aliphatic rings. The first-order valence-corrected chi connectivity index (χ1v) is 11.4. The van der Waals surface area contributed by atoms with E-state index in [0.29, 0.717) is 0 Å². The predicted molar refractivity (Wildman–Crippen MR) is 110 cm³/mol. The first-order valence-electron chi connectivity index (χ1n) is 8.21. The van der Waals surface area contributed by atoms with Crippen LogP contribution in [0.25, 0.3) is 0 Å². The molecule has 1 N–H and O–H groups in total. The number of hydrogen-bond donors (Lipinski definition) is 1. The fourth-order valence-electron chi connectivity index (χ4n) is 2.38. The van der Waals surface area contributed by atoms with Gasteiger partial charge in [-0.2, -0.15) is 0 Å². The number of carbonyl (C=O) groups is 2. The molecule has 1 aromatic heterocycles. The number of methoxy groups -OCH3 is 2. The van der Waals surface area contributed by atoms with Crippen LogP contribution in [0.2, 0.25) is 0 Å². The summed E-state index contributed by atoms with van der Waals surface area (Å²) in [7, 11) is -1.91. The van der Waals surface area contributed by atoms with Gasteiger partial charge in [-0.15, -0.1) is 10.2 Å². The van der Waals surface area contributed by atoms with Gasteiger partial charge < -0.3 is 9.47 Å². The summed E-state index contributed by atoms with van der Waals surface area (Å²) in [6, 6.07) is 10.1. The monoisotopic (exact) mass is 465 g/mol. The van der Waals surface area contributed by atoms with Crippen LogP contribution in [-0.2, 0) is 19.5 Å². The molecule has 12 heteroatoms. The van der Waals surface area contributed by atoms with E-state index < -0.39 is 26.9 Å². The van der Waals surface area contributed by atoms with Crippen molar-refractivity contribution in [2.24, 2.45) is 0 Å². The van der Waals surface area contributed by atoms with Crippen LogP contribution in [0.5, 0.6) is 0 Å². The maximum atomic E-state index is 13.0. The van der Waals surface area contributed by atoms with E-state index in [1.54, 1.807) is 29.8 Å². The molecule has 2 aromatic carbocycles. The Morgan fingerprint density at radius 1 is 1.03 bits per heavy atom. The van der Waals surface area contributed by atoms with E-state index in [9.17, 15) is 18.0 Å². The number of rotatable bonds is 7. The van der Waals surface area contributed by atoms with Crippen molar-refractivity contribution in [1.82, 2.24) is 10.2 Å². The summed E-state index contributed by atoms with van der Waals surface area (Å²) in [5.74, 6) is -1.59. The van der Waals surface area contributed by atoms with Gasteiger partial charge in [-0.3, -0.25) is 4.72 Å². The summed E-state index contributed by atoms with van der Waals surface area (Å²) in [6.07, 6.45) is 0. The highest BCUT2D eigenvalue weighted by atomic mass is 32.2. The van der Waals surface area contributed by atoms with Crippen LogP contribution in [0.3, 0.4) is 0 Å². The molecule has 0 spiro atoms. The zero-order valence-corrected chi connectivity index (χ0v) is 18.1. The fraction of sp³-hybridized carbons (Fsp3) is 0.111. The molecule has 1 heterocycles. The van der Waals surface area contributed by atoms with Gasteiger partial charge in [-0.05, 0) is 42.5 Å². The summed E-state index contributed by atoms with van der Waals surface area (Å²) < 4.78 is 38.3. The average molecular weight is 466 g/mol. The summed E-state index contributed by atoms with van der Waals surface area (Å²) >= 11 is 2.78. The van der Waals surface area contributed by atoms with Crippen LogP contribution < -0.4 is 4.72 Å². The van der Waals surface area contributed by atoms with Crippen LogP contribution in [0.15, 0.2) is 62.1 Å². The minimum atomic E-state index is -4.21. The molecule has 3 rings (SSSR count). The number of carbonyl (C=O) groups excluding carboxylic acids is 2. The van der Waals surface area contributed by atoms with Crippen molar-refractivity contribution in [2.45, 2.75) is 14.1 Å². The SMILES string of the molecule is COC(=O)c1ccc(C(=O)OC)c(S(=O)(=O)Nc2ccc(Sc3nncs3)cc2)c1. The first-order chi connectivity index (χ1) is 14.3. The van der Waals surface area contributed by atoms with Crippen molar-refractivity contribution in [1.29, 1.82) is 0 Å². The highest BCUT2D eigenvalue weighted by Gasteiger charge is 2.25. The van der Waals surface area contributed by atoms with E-state index in [1.165, 1.54) is 42.3 Å². The van der Waals surface area contributed by atoms with Crippen molar-refractivity contribution in [3.05, 3.63) is 59.1 Å². The molecule has 0 radical (unpaired) electrons. The van der Waals surface area contributed by atoms with Crippen LogP contribution >= 0.6 is 23.1 Å². The normalized spacial score (nSPS) is 11.0. The quantitative estimate of drug-likeness (QED) is 0.524. The van der Waals surface area contributed by atoms with Gasteiger partial charge in [-0.1, -0.05) is 23.1 Å². The number of aromatic nitrogens is 2. The number of esters is 2. The van der Waals surface area contributed by atoms with Crippen LogP contribution in [0.1, 0.15) is 20.7 Å². The summed E-state index contributed by atoms with van der Waals surface area (Å²) in [6.45, 7) is 0. The third-order valence-corrected chi connectivity index (χ3v) is 6.96. The molecule has 0 aliphatic carbocycles. The highest BCUT2D eigenvalue weighted by molar-refractivity contribution is 8.01. The minimum Gasteiger partial charge on any atom is -0.465 e. The number of hydrogen-bond acceptors (Lipinski definition) is 10. The van der Waals surface area contributed by atoms with Crippen molar-refractivity contribution < 1.29 is 27.5 Å². The van der Waals surface area contributed by atoms with Crippen molar-refractivity contribution >= 4 is 50.7 Å². The number of nitrogens with one attached hydrogen (secondary N) is 1. The second-order valence-corrected chi connectivity index (χ2v) is 9.44. The Kier molecular flexibility index (Phi) is 6.70. The van der Waals surface area contributed by atoms with Crippen molar-refractivity contribution in [3.63, 3.8) is 0 Å². The lowest BCUT2D eigenvalue weighted by Crippen LogP contribution is -2.18. The average Bonchev–Trinajstić information content (AvgIpc) is 3.26. The van der Waals surface area contributed by atoms with Crippen LogP contribution in [-0.4, -0.2) is 44.8 Å². The Labute approximate surface area is 180 Å². The maximum Gasteiger partial charge on any atom is 0.339 e. The van der Waals surface area contributed by atoms with E-state index in [4.69, 9.17) is 0 Å². The first kappa shape index (κ1) is 21.7. The molecule has 156 valence electrons. The molecule has 0 amide bonds. The van der Waals surface area contributed by atoms with Crippen molar-refractivity contribution in [2.75, 3.05) is 18.9 Å². The molecule has 3 aromatic rings. The standard InChI is InChI=1S/C18H15N3O6S3/c1-26-16(22)11-3-8-14(17(23)27-2)15(9-11)30(24,25)21-12-4-6-13(7-5-12)29-18-20-19-10-28-18/h3-10,21H,1-2H3. The molecule has 0 unspecified atom stereocenters. The Morgan fingerprint density at radius 3 is 2.33 bits per heavy atom. The van der Waals surface area contributed by atoms with Gasteiger partial charge in [0.25, 0.3) is 10.0 Å². The lowest BCUT2D eigenvalue weighted by molar-refractivity contribution is 0.0583. The Bertz CT molecular complexity index is 1160. The molecule has 0 fully saturated rings. The molecule has 0 saturated heterocycles. The van der Waals surface area contributed by atoms with E-state index in [2.05, 4.69) is 24.4 Å².